The van der Waals surface area contributed by atoms with Crippen LogP contribution in [0.3, 0.4) is 0 Å². The average Bonchev–Trinajstić information content (AvgIpc) is 2.42. The highest BCUT2D eigenvalue weighted by atomic mass is 16.1. The molecule has 0 unspecified atom stereocenters. The summed E-state index contributed by atoms with van der Waals surface area (Å²) in [6.07, 6.45) is 1.61. The van der Waals surface area contributed by atoms with Crippen molar-refractivity contribution in [3.05, 3.63) is 57.5 Å². The monoisotopic (exact) mass is 254 g/mol. The lowest BCUT2D eigenvalue weighted by Gasteiger charge is -2.08. The summed E-state index contributed by atoms with van der Waals surface area (Å²) in [5.74, 6) is 0. The van der Waals surface area contributed by atoms with Crippen molar-refractivity contribution < 1.29 is 0 Å². The summed E-state index contributed by atoms with van der Waals surface area (Å²) < 4.78 is 1.40. The van der Waals surface area contributed by atoms with Crippen molar-refractivity contribution >= 4 is 5.69 Å². The first-order valence-electron chi connectivity index (χ1n) is 5.88. The molecule has 1 aromatic heterocycles. The number of aryl methyl sites for hydroxylation is 1. The summed E-state index contributed by atoms with van der Waals surface area (Å²) >= 11 is 0. The Morgan fingerprint density at radius 3 is 2.79 bits per heavy atom. The van der Waals surface area contributed by atoms with E-state index >= 15 is 0 Å². The molecule has 96 valence electrons. The van der Waals surface area contributed by atoms with Crippen molar-refractivity contribution in [1.82, 2.24) is 9.78 Å². The first kappa shape index (κ1) is 12.8. The van der Waals surface area contributed by atoms with Gasteiger partial charge in [-0.3, -0.25) is 4.79 Å². The van der Waals surface area contributed by atoms with E-state index in [1.165, 1.54) is 10.7 Å². The van der Waals surface area contributed by atoms with Gasteiger partial charge >= 0.3 is 0 Å². The van der Waals surface area contributed by atoms with Crippen LogP contribution in [0.25, 0.3) is 0 Å². The second-order valence-electron chi connectivity index (χ2n) is 4.24. The van der Waals surface area contributed by atoms with Crippen LogP contribution in [0.15, 0.2) is 35.3 Å². The van der Waals surface area contributed by atoms with Gasteiger partial charge in [0.15, 0.2) is 0 Å². The molecule has 19 heavy (non-hydrogen) atoms. The van der Waals surface area contributed by atoms with E-state index in [9.17, 15) is 4.79 Å². The Bertz CT molecular complexity index is 697. The van der Waals surface area contributed by atoms with Crippen molar-refractivity contribution in [3.63, 3.8) is 0 Å². The molecule has 0 atom stereocenters. The summed E-state index contributed by atoms with van der Waals surface area (Å²) in [5.41, 5.74) is 3.11. The van der Waals surface area contributed by atoms with Crippen LogP contribution in [0.4, 0.5) is 5.69 Å². The van der Waals surface area contributed by atoms with Gasteiger partial charge in [-0.2, -0.15) is 10.4 Å². The van der Waals surface area contributed by atoms with Gasteiger partial charge in [-0.25, -0.2) is 4.68 Å². The smallest absolute Gasteiger partial charge is 0.269 e. The molecule has 0 aliphatic heterocycles. The van der Waals surface area contributed by atoms with Gasteiger partial charge < -0.3 is 5.32 Å². The lowest BCUT2D eigenvalue weighted by Crippen LogP contribution is -2.23. The van der Waals surface area contributed by atoms with Crippen LogP contribution in [-0.2, 0) is 6.54 Å². The molecule has 1 heterocycles. The minimum absolute atomic E-state index is 0.157. The fraction of sp³-hybridized carbons (Fsp3) is 0.214. The highest BCUT2D eigenvalue weighted by molar-refractivity contribution is 5.39. The summed E-state index contributed by atoms with van der Waals surface area (Å²) in [5, 5.41) is 15.8. The molecule has 0 saturated carbocycles. The molecule has 0 fully saturated rings. The zero-order chi connectivity index (χ0) is 13.8. The van der Waals surface area contributed by atoms with Crippen molar-refractivity contribution in [2.75, 3.05) is 12.4 Å². The summed E-state index contributed by atoms with van der Waals surface area (Å²) in [6.45, 7) is 2.32. The van der Waals surface area contributed by atoms with E-state index in [2.05, 4.69) is 16.5 Å². The third-order valence-electron chi connectivity index (χ3n) is 2.95. The number of hydrogen-bond acceptors (Lipinski definition) is 4. The van der Waals surface area contributed by atoms with Gasteiger partial charge in [-0.1, -0.05) is 6.07 Å². The van der Waals surface area contributed by atoms with Crippen LogP contribution in [-0.4, -0.2) is 16.8 Å². The standard InChI is InChI=1S/C14H14N4O/c1-10-5-11(7-15)3-4-12(10)9-18-14(19)6-13(16-2)8-17-18/h3-6,8,16H,9H2,1-2H3. The van der Waals surface area contributed by atoms with E-state index in [1.54, 1.807) is 19.3 Å². The second-order valence-corrected chi connectivity index (χ2v) is 4.24. The second kappa shape index (κ2) is 5.36. The molecule has 1 aromatic carbocycles. The van der Waals surface area contributed by atoms with Crippen LogP contribution >= 0.6 is 0 Å². The molecule has 0 amide bonds. The van der Waals surface area contributed by atoms with Gasteiger partial charge in [0.1, 0.15) is 0 Å². The molecule has 0 aliphatic carbocycles. The van der Waals surface area contributed by atoms with Crippen LogP contribution in [0.1, 0.15) is 16.7 Å². The Kier molecular flexibility index (Phi) is 3.62. The van der Waals surface area contributed by atoms with E-state index in [-0.39, 0.29) is 5.56 Å². The van der Waals surface area contributed by atoms with E-state index in [0.29, 0.717) is 17.8 Å². The molecule has 0 aliphatic rings. The molecule has 0 spiro atoms. The lowest BCUT2D eigenvalue weighted by molar-refractivity contribution is 0.637. The quantitative estimate of drug-likeness (QED) is 0.901. The maximum absolute atomic E-state index is 11.8. The number of anilines is 1. The summed E-state index contributed by atoms with van der Waals surface area (Å²) in [4.78, 5) is 11.8. The summed E-state index contributed by atoms with van der Waals surface area (Å²) in [6, 6.07) is 9.01. The number of nitrogens with one attached hydrogen (secondary N) is 1. The maximum atomic E-state index is 11.8. The highest BCUT2D eigenvalue weighted by Gasteiger charge is 2.04. The third-order valence-corrected chi connectivity index (χ3v) is 2.95. The number of hydrogen-bond donors (Lipinski definition) is 1. The molecule has 0 bridgehead atoms. The first-order chi connectivity index (χ1) is 9.13. The number of benzene rings is 1. The van der Waals surface area contributed by atoms with Gasteiger partial charge in [0.2, 0.25) is 0 Å². The molecule has 0 radical (unpaired) electrons. The molecule has 1 N–H and O–H groups in total. The third kappa shape index (κ3) is 2.80. The zero-order valence-corrected chi connectivity index (χ0v) is 10.8. The highest BCUT2D eigenvalue weighted by Crippen LogP contribution is 2.11. The van der Waals surface area contributed by atoms with Crippen LogP contribution in [0.2, 0.25) is 0 Å². The van der Waals surface area contributed by atoms with Gasteiger partial charge in [0.05, 0.1) is 30.1 Å². The molecule has 2 aromatic rings. The van der Waals surface area contributed by atoms with Crippen molar-refractivity contribution in [3.8, 4) is 6.07 Å². The molecule has 5 heteroatoms. The van der Waals surface area contributed by atoms with E-state index < -0.39 is 0 Å². The molecular formula is C14H14N4O. The Balaban J connectivity index is 2.32. The maximum Gasteiger partial charge on any atom is 0.269 e. The number of aromatic nitrogens is 2. The zero-order valence-electron chi connectivity index (χ0n) is 10.8. The average molecular weight is 254 g/mol. The number of rotatable bonds is 3. The van der Waals surface area contributed by atoms with E-state index in [1.807, 2.05) is 19.1 Å². The Morgan fingerprint density at radius 2 is 2.21 bits per heavy atom. The predicted molar refractivity (Wildman–Crippen MR) is 73.0 cm³/mol. The molecule has 2 rings (SSSR count). The Labute approximate surface area is 111 Å². The molecule has 5 nitrogen and oxygen atoms in total. The van der Waals surface area contributed by atoms with Gasteiger partial charge in [0.25, 0.3) is 5.56 Å². The fourth-order valence-corrected chi connectivity index (χ4v) is 1.79. The van der Waals surface area contributed by atoms with Crippen molar-refractivity contribution in [2.24, 2.45) is 0 Å². The normalized spacial score (nSPS) is 9.95. The minimum Gasteiger partial charge on any atom is -0.387 e. The van der Waals surface area contributed by atoms with E-state index in [0.717, 1.165) is 11.1 Å². The molecule has 0 saturated heterocycles. The van der Waals surface area contributed by atoms with Gasteiger partial charge in [-0.05, 0) is 30.2 Å². The number of nitriles is 1. The Morgan fingerprint density at radius 1 is 1.42 bits per heavy atom. The molecular weight excluding hydrogens is 240 g/mol. The first-order valence-corrected chi connectivity index (χ1v) is 5.88. The lowest BCUT2D eigenvalue weighted by atomic mass is 10.1. The fourth-order valence-electron chi connectivity index (χ4n) is 1.79. The summed E-state index contributed by atoms with van der Waals surface area (Å²) in [7, 11) is 1.74. The van der Waals surface area contributed by atoms with Crippen molar-refractivity contribution in [1.29, 1.82) is 5.26 Å². The van der Waals surface area contributed by atoms with Crippen LogP contribution in [0, 0.1) is 18.3 Å². The Hall–Kier alpha value is -2.61. The predicted octanol–water partition coefficient (Wildman–Crippen LogP) is 1.51. The van der Waals surface area contributed by atoms with Crippen molar-refractivity contribution in [2.45, 2.75) is 13.5 Å². The van der Waals surface area contributed by atoms with Crippen LogP contribution < -0.4 is 10.9 Å². The van der Waals surface area contributed by atoms with Gasteiger partial charge in [0, 0.05) is 13.1 Å². The topological polar surface area (TPSA) is 70.7 Å². The number of nitrogens with zero attached hydrogens (tertiary/aromatic N) is 3. The largest absolute Gasteiger partial charge is 0.387 e. The van der Waals surface area contributed by atoms with E-state index in [4.69, 9.17) is 5.26 Å². The minimum atomic E-state index is -0.157. The SMILES string of the molecule is CNc1cnn(Cc2ccc(C#N)cc2C)c(=O)c1. The van der Waals surface area contributed by atoms with Crippen LogP contribution in [0.5, 0.6) is 0 Å². The van der Waals surface area contributed by atoms with Gasteiger partial charge in [-0.15, -0.1) is 0 Å².